The molecule has 0 aromatic carbocycles. The molecule has 0 N–H and O–H groups in total. The summed E-state index contributed by atoms with van der Waals surface area (Å²) in [6.45, 7) is 4.21. The maximum atomic E-state index is 13.8. The molecule has 0 saturated carbocycles. The zero-order valence-corrected chi connectivity index (χ0v) is 9.82. The second-order valence-electron chi connectivity index (χ2n) is 4.86. The van der Waals surface area contributed by atoms with Crippen LogP contribution in [0.4, 0.5) is 4.39 Å². The van der Waals surface area contributed by atoms with Gasteiger partial charge < -0.3 is 0 Å². The number of nitrogens with zero attached hydrogens (tertiary/aromatic N) is 2. The first-order valence-corrected chi connectivity index (χ1v) is 5.97. The summed E-state index contributed by atoms with van der Waals surface area (Å²) in [6.07, 6.45) is 4.39. The Hall–Kier alpha value is -0.960. The number of alkyl halides is 1. The summed E-state index contributed by atoms with van der Waals surface area (Å²) >= 11 is 0. The van der Waals surface area contributed by atoms with Crippen molar-refractivity contribution in [3.05, 3.63) is 30.1 Å². The van der Waals surface area contributed by atoms with Gasteiger partial charge in [-0.2, -0.15) is 0 Å². The monoisotopic (exact) mass is 222 g/mol. The molecule has 0 spiro atoms. The van der Waals surface area contributed by atoms with Gasteiger partial charge in [0.15, 0.2) is 0 Å². The number of aromatic nitrogens is 1. The Labute approximate surface area is 96.5 Å². The lowest BCUT2D eigenvalue weighted by atomic mass is 9.97. The molecule has 1 saturated heterocycles. The van der Waals surface area contributed by atoms with Crippen molar-refractivity contribution in [3.8, 4) is 0 Å². The molecule has 1 fully saturated rings. The van der Waals surface area contributed by atoms with Crippen LogP contribution in [0.1, 0.15) is 25.5 Å². The van der Waals surface area contributed by atoms with Crippen molar-refractivity contribution < 1.29 is 4.39 Å². The van der Waals surface area contributed by atoms with Gasteiger partial charge in [0.2, 0.25) is 0 Å². The van der Waals surface area contributed by atoms with Crippen molar-refractivity contribution in [2.24, 2.45) is 0 Å². The van der Waals surface area contributed by atoms with E-state index in [9.17, 15) is 4.39 Å². The van der Waals surface area contributed by atoms with Crippen LogP contribution in [0.3, 0.4) is 0 Å². The molecule has 1 aromatic rings. The van der Waals surface area contributed by atoms with E-state index in [0.29, 0.717) is 13.0 Å². The lowest BCUT2D eigenvalue weighted by molar-refractivity contribution is 0.0611. The molecule has 16 heavy (non-hydrogen) atoms. The predicted molar refractivity (Wildman–Crippen MR) is 63.1 cm³/mol. The molecule has 0 aliphatic carbocycles. The smallest absolute Gasteiger partial charge is 0.120 e. The number of hydrogen-bond donors (Lipinski definition) is 0. The molecule has 0 amide bonds. The molecule has 2 heterocycles. The molecule has 88 valence electrons. The minimum Gasteiger partial charge on any atom is -0.300 e. The molecule has 1 aliphatic heterocycles. The van der Waals surface area contributed by atoms with Gasteiger partial charge in [-0.15, -0.1) is 0 Å². The fourth-order valence-electron chi connectivity index (χ4n) is 2.31. The Bertz CT molecular complexity index is 324. The van der Waals surface area contributed by atoms with Gasteiger partial charge in [-0.25, -0.2) is 4.39 Å². The minimum atomic E-state index is -0.998. The van der Waals surface area contributed by atoms with Crippen LogP contribution in [0, 0.1) is 0 Å². The number of pyridine rings is 1. The third-order valence-electron chi connectivity index (χ3n) is 3.14. The molecule has 1 atom stereocenters. The minimum absolute atomic E-state index is 0.569. The maximum Gasteiger partial charge on any atom is 0.120 e. The fourth-order valence-corrected chi connectivity index (χ4v) is 2.31. The Balaban J connectivity index is 1.82. The van der Waals surface area contributed by atoms with Crippen LogP contribution in [0.5, 0.6) is 0 Å². The number of piperidine rings is 1. The highest BCUT2D eigenvalue weighted by atomic mass is 19.1. The van der Waals surface area contributed by atoms with Crippen LogP contribution in [-0.2, 0) is 6.42 Å². The Morgan fingerprint density at radius 1 is 1.50 bits per heavy atom. The van der Waals surface area contributed by atoms with Crippen molar-refractivity contribution >= 4 is 0 Å². The highest BCUT2D eigenvalue weighted by Crippen LogP contribution is 2.24. The third-order valence-corrected chi connectivity index (χ3v) is 3.14. The van der Waals surface area contributed by atoms with Gasteiger partial charge in [0.1, 0.15) is 5.67 Å². The van der Waals surface area contributed by atoms with Crippen molar-refractivity contribution in [3.63, 3.8) is 0 Å². The van der Waals surface area contributed by atoms with Gasteiger partial charge in [0.05, 0.1) is 0 Å². The second-order valence-corrected chi connectivity index (χ2v) is 4.86. The Morgan fingerprint density at radius 3 is 3.06 bits per heavy atom. The first-order chi connectivity index (χ1) is 7.66. The van der Waals surface area contributed by atoms with Crippen LogP contribution in [0.2, 0.25) is 0 Å². The van der Waals surface area contributed by atoms with E-state index in [4.69, 9.17) is 0 Å². The molecule has 0 radical (unpaired) electrons. The van der Waals surface area contributed by atoms with Gasteiger partial charge >= 0.3 is 0 Å². The number of likely N-dealkylation sites (tertiary alicyclic amines) is 1. The van der Waals surface area contributed by atoms with Crippen LogP contribution in [0.15, 0.2) is 24.4 Å². The average molecular weight is 222 g/mol. The van der Waals surface area contributed by atoms with Gasteiger partial charge in [-0.3, -0.25) is 9.88 Å². The summed E-state index contributed by atoms with van der Waals surface area (Å²) in [5.41, 5.74) is 0.0937. The van der Waals surface area contributed by atoms with E-state index in [2.05, 4.69) is 9.88 Å². The topological polar surface area (TPSA) is 16.1 Å². The van der Waals surface area contributed by atoms with Crippen LogP contribution in [-0.4, -0.2) is 35.2 Å². The standard InChI is InChI=1S/C13H19FN2/c1-13(14)7-4-9-16(11-13)10-6-12-5-2-3-8-15-12/h2-3,5,8H,4,6-7,9-11H2,1H3. The quantitative estimate of drug-likeness (QED) is 0.781. The summed E-state index contributed by atoms with van der Waals surface area (Å²) in [6, 6.07) is 5.94. The third kappa shape index (κ3) is 3.27. The number of halogens is 1. The van der Waals surface area contributed by atoms with E-state index in [1.54, 1.807) is 6.92 Å². The lowest BCUT2D eigenvalue weighted by Gasteiger charge is -2.34. The normalized spacial score (nSPS) is 26.9. The maximum absolute atomic E-state index is 13.8. The first kappa shape index (κ1) is 11.5. The number of hydrogen-bond acceptors (Lipinski definition) is 2. The molecule has 2 nitrogen and oxygen atoms in total. The molecule has 2 rings (SSSR count). The zero-order valence-electron chi connectivity index (χ0n) is 9.82. The first-order valence-electron chi connectivity index (χ1n) is 5.97. The Morgan fingerprint density at radius 2 is 2.38 bits per heavy atom. The van der Waals surface area contributed by atoms with Crippen molar-refractivity contribution in [1.82, 2.24) is 9.88 Å². The molecule has 1 aliphatic rings. The van der Waals surface area contributed by atoms with Crippen molar-refractivity contribution in [1.29, 1.82) is 0 Å². The van der Waals surface area contributed by atoms with E-state index in [-0.39, 0.29) is 0 Å². The molecular weight excluding hydrogens is 203 g/mol. The van der Waals surface area contributed by atoms with E-state index in [0.717, 1.165) is 31.6 Å². The predicted octanol–water partition coefficient (Wildman–Crippen LogP) is 2.45. The van der Waals surface area contributed by atoms with E-state index >= 15 is 0 Å². The second kappa shape index (κ2) is 4.91. The van der Waals surface area contributed by atoms with Gasteiger partial charge in [0, 0.05) is 31.4 Å². The largest absolute Gasteiger partial charge is 0.300 e. The van der Waals surface area contributed by atoms with Gasteiger partial charge in [-0.1, -0.05) is 6.07 Å². The molecule has 1 unspecified atom stereocenters. The van der Waals surface area contributed by atoms with Gasteiger partial charge in [0.25, 0.3) is 0 Å². The molecule has 1 aromatic heterocycles. The average Bonchev–Trinajstić information content (AvgIpc) is 2.27. The highest BCUT2D eigenvalue weighted by molar-refractivity contribution is 5.04. The van der Waals surface area contributed by atoms with Crippen molar-refractivity contribution in [2.45, 2.75) is 31.9 Å². The zero-order chi connectivity index (χ0) is 11.4. The van der Waals surface area contributed by atoms with Gasteiger partial charge in [-0.05, 0) is 38.4 Å². The van der Waals surface area contributed by atoms with E-state index in [1.165, 1.54) is 0 Å². The summed E-state index contributed by atoms with van der Waals surface area (Å²) < 4.78 is 13.8. The van der Waals surface area contributed by atoms with Crippen molar-refractivity contribution in [2.75, 3.05) is 19.6 Å². The SMILES string of the molecule is CC1(F)CCCN(CCc2ccccn2)C1. The Kier molecular flexibility index (Phi) is 3.54. The van der Waals surface area contributed by atoms with Crippen LogP contribution >= 0.6 is 0 Å². The summed E-state index contributed by atoms with van der Waals surface area (Å²) in [4.78, 5) is 6.49. The van der Waals surface area contributed by atoms with E-state index < -0.39 is 5.67 Å². The van der Waals surface area contributed by atoms with Crippen LogP contribution < -0.4 is 0 Å². The highest BCUT2D eigenvalue weighted by Gasteiger charge is 2.29. The van der Waals surface area contributed by atoms with Crippen LogP contribution in [0.25, 0.3) is 0 Å². The summed E-state index contributed by atoms with van der Waals surface area (Å²) in [7, 11) is 0. The molecule has 0 bridgehead atoms. The number of rotatable bonds is 3. The molecule has 3 heteroatoms. The molecular formula is C13H19FN2. The van der Waals surface area contributed by atoms with E-state index in [1.807, 2.05) is 24.4 Å². The fraction of sp³-hybridized carbons (Fsp3) is 0.615. The summed E-state index contributed by atoms with van der Waals surface area (Å²) in [5.74, 6) is 0. The summed E-state index contributed by atoms with van der Waals surface area (Å²) in [5, 5.41) is 0. The lowest BCUT2D eigenvalue weighted by Crippen LogP contribution is -2.44.